The van der Waals surface area contributed by atoms with E-state index in [1.165, 1.54) is 12.2 Å². The second-order valence-corrected chi connectivity index (χ2v) is 6.99. The van der Waals surface area contributed by atoms with E-state index in [2.05, 4.69) is 26.8 Å². The summed E-state index contributed by atoms with van der Waals surface area (Å²) >= 11 is 3.29. The third-order valence-electron chi connectivity index (χ3n) is 3.95. The number of ether oxygens (including phenoxy) is 1. The van der Waals surface area contributed by atoms with Crippen molar-refractivity contribution in [3.63, 3.8) is 0 Å². The van der Waals surface area contributed by atoms with Gasteiger partial charge in [0.05, 0.1) is 5.56 Å². The van der Waals surface area contributed by atoms with Crippen molar-refractivity contribution < 1.29 is 19.1 Å². The molecule has 0 aliphatic rings. The van der Waals surface area contributed by atoms with Gasteiger partial charge in [0.1, 0.15) is 5.75 Å². The topological polar surface area (TPSA) is 84.5 Å². The number of rotatable bonds is 5. The van der Waals surface area contributed by atoms with E-state index in [0.717, 1.165) is 4.47 Å². The zero-order valence-corrected chi connectivity index (χ0v) is 17.3. The number of hydrogen-bond acceptors (Lipinski definition) is 4. The van der Waals surface area contributed by atoms with Crippen molar-refractivity contribution in [1.29, 1.82) is 0 Å². The summed E-state index contributed by atoms with van der Waals surface area (Å²) in [6.45, 7) is 0. The van der Waals surface area contributed by atoms with Crippen molar-refractivity contribution in [2.24, 2.45) is 0 Å². The fourth-order valence-corrected chi connectivity index (χ4v) is 2.71. The number of carbonyl (C=O) groups is 3. The Bertz CT molecular complexity index is 1080. The van der Waals surface area contributed by atoms with Crippen LogP contribution in [0.1, 0.15) is 26.3 Å². The maximum Gasteiger partial charge on any atom is 0.343 e. The summed E-state index contributed by atoms with van der Waals surface area (Å²) < 4.78 is 6.28. The lowest BCUT2D eigenvalue weighted by atomic mass is 10.2. The van der Waals surface area contributed by atoms with Gasteiger partial charge in [-0.25, -0.2) is 4.79 Å². The average Bonchev–Trinajstić information content (AvgIpc) is 2.78. The molecule has 0 radical (unpaired) electrons. The molecule has 0 aromatic heterocycles. The number of para-hydroxylation sites is 1. The predicted molar refractivity (Wildman–Crippen MR) is 117 cm³/mol. The van der Waals surface area contributed by atoms with Crippen molar-refractivity contribution in [3.8, 4) is 5.75 Å². The average molecular weight is 465 g/mol. The molecule has 150 valence electrons. The van der Waals surface area contributed by atoms with Gasteiger partial charge in [0.25, 0.3) is 11.8 Å². The highest BCUT2D eigenvalue weighted by Crippen LogP contribution is 2.20. The number of halogens is 1. The summed E-state index contributed by atoms with van der Waals surface area (Å²) in [6.07, 6.45) is 2.73. The van der Waals surface area contributed by atoms with Crippen molar-refractivity contribution in [2.75, 3.05) is 0 Å². The van der Waals surface area contributed by atoms with Crippen LogP contribution in [-0.4, -0.2) is 17.8 Å². The highest BCUT2D eigenvalue weighted by molar-refractivity contribution is 9.10. The van der Waals surface area contributed by atoms with Crippen molar-refractivity contribution in [3.05, 3.63) is 106 Å². The van der Waals surface area contributed by atoms with Gasteiger partial charge >= 0.3 is 5.97 Å². The minimum atomic E-state index is -0.537. The minimum absolute atomic E-state index is 0.314. The van der Waals surface area contributed by atoms with E-state index in [1.807, 2.05) is 6.07 Å². The van der Waals surface area contributed by atoms with E-state index >= 15 is 0 Å². The monoisotopic (exact) mass is 464 g/mol. The first-order valence-corrected chi connectivity index (χ1v) is 9.72. The standard InChI is InChI=1S/C23H17BrN2O4/c24-19-13-10-17(11-14-19)22(28)26-25-21(27)15-12-16-6-4-5-9-20(16)30-23(29)18-7-2-1-3-8-18/h1-15H,(H,25,27)(H,26,28)/b15-12+. The number of hydrazine groups is 1. The predicted octanol–water partition coefficient (Wildman–Crippen LogP) is 4.14. The zero-order chi connectivity index (χ0) is 21.3. The highest BCUT2D eigenvalue weighted by Gasteiger charge is 2.10. The molecule has 0 saturated carbocycles. The summed E-state index contributed by atoms with van der Waals surface area (Å²) in [5, 5.41) is 0. The molecule has 30 heavy (non-hydrogen) atoms. The first-order valence-electron chi connectivity index (χ1n) is 8.93. The normalized spacial score (nSPS) is 10.4. The van der Waals surface area contributed by atoms with Crippen LogP contribution in [0.5, 0.6) is 5.75 Å². The van der Waals surface area contributed by atoms with E-state index in [4.69, 9.17) is 4.74 Å². The maximum absolute atomic E-state index is 12.3. The number of benzene rings is 3. The van der Waals surface area contributed by atoms with Crippen molar-refractivity contribution in [2.45, 2.75) is 0 Å². The quantitative estimate of drug-likeness (QED) is 0.257. The second kappa shape index (κ2) is 10.2. The zero-order valence-electron chi connectivity index (χ0n) is 15.7. The molecule has 0 aliphatic heterocycles. The fourth-order valence-electron chi connectivity index (χ4n) is 2.44. The Morgan fingerprint density at radius 3 is 2.17 bits per heavy atom. The Morgan fingerprint density at radius 2 is 1.43 bits per heavy atom. The lowest BCUT2D eigenvalue weighted by Crippen LogP contribution is -2.40. The molecule has 0 fully saturated rings. The Balaban J connectivity index is 1.60. The number of hydrogen-bond donors (Lipinski definition) is 2. The molecule has 0 unspecified atom stereocenters. The van der Waals surface area contributed by atoms with Gasteiger partial charge in [0, 0.05) is 21.7 Å². The SMILES string of the molecule is O=C(/C=C/c1ccccc1OC(=O)c1ccccc1)NNC(=O)c1ccc(Br)cc1. The summed E-state index contributed by atoms with van der Waals surface area (Å²) in [7, 11) is 0. The van der Waals surface area contributed by atoms with Crippen LogP contribution in [0.15, 0.2) is 89.4 Å². The van der Waals surface area contributed by atoms with E-state index in [1.54, 1.807) is 72.8 Å². The fraction of sp³-hybridized carbons (Fsp3) is 0. The summed E-state index contributed by atoms with van der Waals surface area (Å²) in [5.41, 5.74) is 6.00. The van der Waals surface area contributed by atoms with Crippen LogP contribution in [0.3, 0.4) is 0 Å². The molecule has 2 N–H and O–H groups in total. The van der Waals surface area contributed by atoms with Crippen molar-refractivity contribution >= 4 is 39.8 Å². The Morgan fingerprint density at radius 1 is 0.767 bits per heavy atom. The number of esters is 1. The van der Waals surface area contributed by atoms with E-state index in [0.29, 0.717) is 22.4 Å². The molecular formula is C23H17BrN2O4. The first kappa shape index (κ1) is 21.0. The molecule has 0 saturated heterocycles. The Hall–Kier alpha value is -3.71. The van der Waals surface area contributed by atoms with Gasteiger partial charge in [0.15, 0.2) is 0 Å². The smallest absolute Gasteiger partial charge is 0.343 e. The van der Waals surface area contributed by atoms with Gasteiger partial charge < -0.3 is 4.74 Å². The lowest BCUT2D eigenvalue weighted by molar-refractivity contribution is -0.117. The number of amides is 2. The van der Waals surface area contributed by atoms with Crippen LogP contribution < -0.4 is 15.6 Å². The maximum atomic E-state index is 12.3. The molecule has 2 amide bonds. The lowest BCUT2D eigenvalue weighted by Gasteiger charge is -2.08. The van der Waals surface area contributed by atoms with Gasteiger partial charge in [-0.15, -0.1) is 0 Å². The van der Waals surface area contributed by atoms with Crippen LogP contribution in [0, 0.1) is 0 Å². The number of nitrogens with one attached hydrogen (secondary N) is 2. The van der Waals surface area contributed by atoms with Gasteiger partial charge in [-0.1, -0.05) is 52.3 Å². The molecule has 0 bridgehead atoms. The molecule has 3 aromatic carbocycles. The molecule has 6 nitrogen and oxygen atoms in total. The number of carbonyl (C=O) groups excluding carboxylic acids is 3. The molecule has 7 heteroatoms. The van der Waals surface area contributed by atoms with Gasteiger partial charge in [-0.3, -0.25) is 20.4 Å². The van der Waals surface area contributed by atoms with Crippen LogP contribution in [-0.2, 0) is 4.79 Å². The van der Waals surface area contributed by atoms with E-state index < -0.39 is 17.8 Å². The van der Waals surface area contributed by atoms with Gasteiger partial charge in [-0.05, 0) is 48.5 Å². The van der Waals surface area contributed by atoms with Crippen LogP contribution in [0.4, 0.5) is 0 Å². The molecule has 0 atom stereocenters. The third-order valence-corrected chi connectivity index (χ3v) is 4.48. The molecule has 0 aliphatic carbocycles. The first-order chi connectivity index (χ1) is 14.5. The van der Waals surface area contributed by atoms with E-state index in [-0.39, 0.29) is 0 Å². The van der Waals surface area contributed by atoms with Crippen molar-refractivity contribution in [1.82, 2.24) is 10.9 Å². The third kappa shape index (κ3) is 5.89. The summed E-state index contributed by atoms with van der Waals surface area (Å²) in [5.74, 6) is -1.16. The van der Waals surface area contributed by atoms with Crippen LogP contribution >= 0.6 is 15.9 Å². The van der Waals surface area contributed by atoms with Gasteiger partial charge in [-0.2, -0.15) is 0 Å². The Kier molecular flexibility index (Phi) is 7.13. The van der Waals surface area contributed by atoms with Crippen LogP contribution in [0.25, 0.3) is 6.08 Å². The summed E-state index contributed by atoms with van der Waals surface area (Å²) in [6, 6.07) is 22.1. The molecular weight excluding hydrogens is 448 g/mol. The Labute approximate surface area is 181 Å². The van der Waals surface area contributed by atoms with Gasteiger partial charge in [0.2, 0.25) is 0 Å². The molecule has 0 spiro atoms. The van der Waals surface area contributed by atoms with Crippen LogP contribution in [0.2, 0.25) is 0 Å². The second-order valence-electron chi connectivity index (χ2n) is 6.08. The minimum Gasteiger partial charge on any atom is -0.422 e. The molecule has 0 heterocycles. The highest BCUT2D eigenvalue weighted by atomic mass is 79.9. The molecule has 3 aromatic rings. The summed E-state index contributed by atoms with van der Waals surface area (Å²) in [4.78, 5) is 36.3. The largest absolute Gasteiger partial charge is 0.422 e. The molecule has 3 rings (SSSR count). The van der Waals surface area contributed by atoms with E-state index in [9.17, 15) is 14.4 Å².